The van der Waals surface area contributed by atoms with Crippen molar-refractivity contribution in [1.82, 2.24) is 5.43 Å². The number of carbonyl (C=O) groups is 1. The van der Waals surface area contributed by atoms with Gasteiger partial charge in [-0.1, -0.05) is 0 Å². The number of non-ortho nitro benzene ring substituents is 1. The van der Waals surface area contributed by atoms with Gasteiger partial charge >= 0.3 is 0 Å². The summed E-state index contributed by atoms with van der Waals surface area (Å²) in [6.07, 6.45) is 1.46. The van der Waals surface area contributed by atoms with Gasteiger partial charge in [-0.2, -0.15) is 10.4 Å². The van der Waals surface area contributed by atoms with Crippen molar-refractivity contribution in [3.8, 4) is 17.6 Å². The number of rotatable bonds is 9. The average Bonchev–Trinajstić information content (AvgIpc) is 3.12. The molecule has 0 aliphatic carbocycles. The summed E-state index contributed by atoms with van der Waals surface area (Å²) in [5.74, 6) is 0.523. The Kier molecular flexibility index (Phi) is 7.79. The molecule has 0 aliphatic rings. The molecule has 0 saturated heterocycles. The topological polar surface area (TPSA) is 153 Å². The van der Waals surface area contributed by atoms with Crippen LogP contribution in [-0.4, -0.2) is 23.7 Å². The van der Waals surface area contributed by atoms with E-state index in [1.807, 2.05) is 13.0 Å². The van der Waals surface area contributed by atoms with Crippen LogP contribution >= 0.6 is 11.3 Å². The molecule has 3 N–H and O–H groups in total. The Morgan fingerprint density at radius 2 is 2.00 bits per heavy atom. The van der Waals surface area contributed by atoms with Crippen molar-refractivity contribution >= 4 is 34.1 Å². The van der Waals surface area contributed by atoms with Crippen LogP contribution in [0.2, 0.25) is 0 Å². The number of amides is 1. The van der Waals surface area contributed by atoms with E-state index >= 15 is 0 Å². The molecular weight excluding hydrogens is 458 g/mol. The summed E-state index contributed by atoms with van der Waals surface area (Å²) < 4.78 is 11.5. The summed E-state index contributed by atoms with van der Waals surface area (Å²) in [6.45, 7) is 4.11. The van der Waals surface area contributed by atoms with Crippen LogP contribution in [-0.2, 0) is 6.61 Å². The highest BCUT2D eigenvalue weighted by Crippen LogP contribution is 2.30. The highest BCUT2D eigenvalue weighted by molar-refractivity contribution is 7.18. The van der Waals surface area contributed by atoms with E-state index in [9.17, 15) is 14.9 Å². The Morgan fingerprint density at radius 1 is 1.26 bits per heavy atom. The lowest BCUT2D eigenvalue weighted by Crippen LogP contribution is -2.17. The number of hydrogen-bond acceptors (Lipinski definition) is 9. The Bertz CT molecular complexity index is 1280. The standard InChI is InChI=1S/C23H21N5O5S/c1-3-32-20-10-16(12-26-27-23(29)21-14(2)18(11-24)22(25)34-21)6-9-19(20)33-13-15-4-7-17(8-5-15)28(30)31/h4-10,12H,3,13,25H2,1-2H3,(H,27,29). The third-order valence-corrected chi connectivity index (χ3v) is 5.80. The maximum Gasteiger partial charge on any atom is 0.281 e. The average molecular weight is 480 g/mol. The number of nitrogen functional groups attached to an aromatic ring is 1. The van der Waals surface area contributed by atoms with Crippen LogP contribution in [0.3, 0.4) is 0 Å². The molecule has 0 fully saturated rings. The van der Waals surface area contributed by atoms with Crippen LogP contribution in [0.5, 0.6) is 11.5 Å². The van der Waals surface area contributed by atoms with E-state index < -0.39 is 10.8 Å². The van der Waals surface area contributed by atoms with Crippen LogP contribution in [0.25, 0.3) is 0 Å². The molecule has 34 heavy (non-hydrogen) atoms. The number of nitro groups is 1. The molecule has 0 saturated carbocycles. The van der Waals surface area contributed by atoms with Crippen molar-refractivity contribution < 1.29 is 19.2 Å². The molecule has 10 nitrogen and oxygen atoms in total. The molecule has 0 unspecified atom stereocenters. The molecule has 0 spiro atoms. The number of nitrogens with two attached hydrogens (primary N) is 1. The lowest BCUT2D eigenvalue weighted by atomic mass is 10.2. The highest BCUT2D eigenvalue weighted by atomic mass is 32.1. The number of hydrogen-bond donors (Lipinski definition) is 2. The first-order chi connectivity index (χ1) is 16.3. The molecular formula is C23H21N5O5S. The second-order valence-electron chi connectivity index (χ2n) is 6.96. The van der Waals surface area contributed by atoms with E-state index in [0.29, 0.717) is 44.7 Å². The first-order valence-electron chi connectivity index (χ1n) is 10.1. The SMILES string of the molecule is CCOc1cc(C=NNC(=O)c2sc(N)c(C#N)c2C)ccc1OCc1ccc([N+](=O)[O-])cc1. The van der Waals surface area contributed by atoms with Crippen molar-refractivity contribution in [1.29, 1.82) is 5.26 Å². The van der Waals surface area contributed by atoms with Gasteiger partial charge in [-0.05, 0) is 60.9 Å². The Morgan fingerprint density at radius 3 is 2.62 bits per heavy atom. The van der Waals surface area contributed by atoms with Crippen molar-refractivity contribution in [2.45, 2.75) is 20.5 Å². The van der Waals surface area contributed by atoms with E-state index in [1.165, 1.54) is 18.3 Å². The number of nitro benzene ring substituents is 1. The van der Waals surface area contributed by atoms with E-state index in [4.69, 9.17) is 20.5 Å². The summed E-state index contributed by atoms with van der Waals surface area (Å²) in [6, 6.07) is 13.3. The molecule has 1 amide bonds. The monoisotopic (exact) mass is 479 g/mol. The second-order valence-corrected chi connectivity index (χ2v) is 8.01. The van der Waals surface area contributed by atoms with Crippen LogP contribution in [0, 0.1) is 28.4 Å². The lowest BCUT2D eigenvalue weighted by molar-refractivity contribution is -0.384. The fourth-order valence-electron chi connectivity index (χ4n) is 2.98. The molecule has 1 aromatic heterocycles. The van der Waals surface area contributed by atoms with E-state index in [1.54, 1.807) is 37.3 Å². The van der Waals surface area contributed by atoms with Crippen LogP contribution < -0.4 is 20.6 Å². The largest absolute Gasteiger partial charge is 0.490 e. The molecule has 0 aliphatic heterocycles. The molecule has 3 aromatic rings. The number of hydrazone groups is 1. The third kappa shape index (κ3) is 5.67. The minimum atomic E-state index is -0.458. The molecule has 2 aromatic carbocycles. The summed E-state index contributed by atoms with van der Waals surface area (Å²) >= 11 is 1.04. The van der Waals surface area contributed by atoms with E-state index in [0.717, 1.165) is 16.9 Å². The zero-order chi connectivity index (χ0) is 24.7. The number of ether oxygens (including phenoxy) is 2. The van der Waals surface area contributed by atoms with Crippen molar-refractivity contribution in [2.24, 2.45) is 5.10 Å². The molecule has 3 rings (SSSR count). The van der Waals surface area contributed by atoms with Crippen LogP contribution in [0.4, 0.5) is 10.7 Å². The summed E-state index contributed by atoms with van der Waals surface area (Å²) in [7, 11) is 0. The molecule has 0 bridgehead atoms. The van der Waals surface area contributed by atoms with Gasteiger partial charge < -0.3 is 15.2 Å². The van der Waals surface area contributed by atoms with Crippen LogP contribution in [0.1, 0.15) is 38.8 Å². The Balaban J connectivity index is 1.67. The van der Waals surface area contributed by atoms with Crippen molar-refractivity contribution in [2.75, 3.05) is 12.3 Å². The normalized spacial score (nSPS) is 10.6. The zero-order valence-electron chi connectivity index (χ0n) is 18.4. The summed E-state index contributed by atoms with van der Waals surface area (Å²) in [5, 5.41) is 24.2. The minimum Gasteiger partial charge on any atom is -0.490 e. The quantitative estimate of drug-likeness (QED) is 0.265. The van der Waals surface area contributed by atoms with Gasteiger partial charge in [-0.25, -0.2) is 5.43 Å². The predicted octanol–water partition coefficient (Wildman–Crippen LogP) is 4.16. The molecule has 0 atom stereocenters. The zero-order valence-corrected chi connectivity index (χ0v) is 19.2. The number of carbonyl (C=O) groups excluding carboxylic acids is 1. The number of thiophene rings is 1. The first-order valence-corrected chi connectivity index (χ1v) is 10.9. The molecule has 174 valence electrons. The Hall–Kier alpha value is -4.43. The number of anilines is 1. The highest BCUT2D eigenvalue weighted by Gasteiger charge is 2.18. The van der Waals surface area contributed by atoms with Gasteiger partial charge in [0.2, 0.25) is 0 Å². The number of nitrogens with one attached hydrogen (secondary N) is 1. The number of benzene rings is 2. The molecule has 11 heteroatoms. The summed E-state index contributed by atoms with van der Waals surface area (Å²) in [4.78, 5) is 23.0. The maximum atomic E-state index is 12.4. The maximum absolute atomic E-state index is 12.4. The lowest BCUT2D eigenvalue weighted by Gasteiger charge is -2.12. The smallest absolute Gasteiger partial charge is 0.281 e. The van der Waals surface area contributed by atoms with Crippen LogP contribution in [0.15, 0.2) is 47.6 Å². The third-order valence-electron chi connectivity index (χ3n) is 4.68. The van der Waals surface area contributed by atoms with Crippen molar-refractivity contribution in [3.05, 3.63) is 79.7 Å². The summed E-state index contributed by atoms with van der Waals surface area (Å²) in [5.41, 5.74) is 10.5. The predicted molar refractivity (Wildman–Crippen MR) is 128 cm³/mol. The van der Waals surface area contributed by atoms with Gasteiger partial charge in [0.25, 0.3) is 11.6 Å². The van der Waals surface area contributed by atoms with Crippen molar-refractivity contribution in [3.63, 3.8) is 0 Å². The fourth-order valence-corrected chi connectivity index (χ4v) is 3.89. The second kappa shape index (κ2) is 10.9. The fraction of sp³-hybridized carbons (Fsp3) is 0.174. The van der Waals surface area contributed by atoms with Gasteiger partial charge in [0, 0.05) is 12.1 Å². The first kappa shape index (κ1) is 24.2. The van der Waals surface area contributed by atoms with Gasteiger partial charge in [0.15, 0.2) is 11.5 Å². The van der Waals surface area contributed by atoms with Gasteiger partial charge in [0.05, 0.1) is 23.3 Å². The number of nitrogens with zero attached hydrogens (tertiary/aromatic N) is 3. The van der Waals surface area contributed by atoms with E-state index in [-0.39, 0.29) is 12.3 Å². The van der Waals surface area contributed by atoms with Gasteiger partial charge in [0.1, 0.15) is 22.6 Å². The minimum absolute atomic E-state index is 0.0118. The van der Waals surface area contributed by atoms with Gasteiger partial charge in [-0.15, -0.1) is 11.3 Å². The van der Waals surface area contributed by atoms with Gasteiger partial charge in [-0.3, -0.25) is 14.9 Å². The molecule has 1 heterocycles. The van der Waals surface area contributed by atoms with E-state index in [2.05, 4.69) is 10.5 Å². The number of nitriles is 1. The molecule has 0 radical (unpaired) electrons. The Labute approximate surface area is 199 Å².